The Morgan fingerprint density at radius 3 is 2.50 bits per heavy atom. The van der Waals surface area contributed by atoms with Crippen LogP contribution >= 0.6 is 27.5 Å². The van der Waals surface area contributed by atoms with Gasteiger partial charge in [0.05, 0.1) is 5.02 Å². The molecule has 0 heterocycles. The van der Waals surface area contributed by atoms with Crippen molar-refractivity contribution in [1.29, 1.82) is 0 Å². The Morgan fingerprint density at radius 2 is 1.78 bits per heavy atom. The number of halogens is 3. The minimum Gasteiger partial charge on any atom is -0.487 e. The first-order valence-electron chi connectivity index (χ1n) is 5.42. The highest BCUT2D eigenvalue weighted by Crippen LogP contribution is 2.30. The standard InChI is InChI=1S/C14H11BrClFO/c15-8-10-5-3-6-12(16)14(10)18-9-11-4-1-2-7-13(11)17/h1-7H,8-9H2. The molecule has 0 aromatic heterocycles. The fourth-order valence-electron chi connectivity index (χ4n) is 1.59. The van der Waals surface area contributed by atoms with Crippen molar-refractivity contribution in [3.8, 4) is 5.75 Å². The molecule has 0 amide bonds. The van der Waals surface area contributed by atoms with Gasteiger partial charge in [0.15, 0.2) is 0 Å². The molecule has 0 atom stereocenters. The van der Waals surface area contributed by atoms with E-state index in [1.165, 1.54) is 6.07 Å². The third-order valence-corrected chi connectivity index (χ3v) is 3.42. The van der Waals surface area contributed by atoms with Crippen LogP contribution in [0.4, 0.5) is 4.39 Å². The Morgan fingerprint density at radius 1 is 1.06 bits per heavy atom. The molecule has 0 bridgehead atoms. The summed E-state index contributed by atoms with van der Waals surface area (Å²) in [6.07, 6.45) is 0. The molecule has 18 heavy (non-hydrogen) atoms. The zero-order chi connectivity index (χ0) is 13.0. The normalized spacial score (nSPS) is 10.4. The van der Waals surface area contributed by atoms with E-state index in [1.807, 2.05) is 12.1 Å². The van der Waals surface area contributed by atoms with Crippen molar-refractivity contribution in [3.63, 3.8) is 0 Å². The number of hydrogen-bond acceptors (Lipinski definition) is 1. The van der Waals surface area contributed by atoms with Crippen LogP contribution < -0.4 is 4.74 Å². The van der Waals surface area contributed by atoms with Gasteiger partial charge in [0.1, 0.15) is 18.2 Å². The second kappa shape index (κ2) is 6.21. The Hall–Kier alpha value is -1.06. The average Bonchev–Trinajstić information content (AvgIpc) is 2.39. The lowest BCUT2D eigenvalue weighted by molar-refractivity contribution is 0.298. The van der Waals surface area contributed by atoms with E-state index in [0.717, 1.165) is 5.56 Å². The van der Waals surface area contributed by atoms with E-state index in [9.17, 15) is 4.39 Å². The summed E-state index contributed by atoms with van der Waals surface area (Å²) >= 11 is 9.45. The average molecular weight is 330 g/mol. The molecule has 0 fully saturated rings. The van der Waals surface area contributed by atoms with Gasteiger partial charge < -0.3 is 4.74 Å². The first-order chi connectivity index (χ1) is 8.72. The highest BCUT2D eigenvalue weighted by atomic mass is 79.9. The van der Waals surface area contributed by atoms with Gasteiger partial charge in [-0.3, -0.25) is 0 Å². The van der Waals surface area contributed by atoms with E-state index < -0.39 is 0 Å². The molecular weight excluding hydrogens is 319 g/mol. The maximum Gasteiger partial charge on any atom is 0.142 e. The van der Waals surface area contributed by atoms with Gasteiger partial charge in [-0.25, -0.2) is 4.39 Å². The SMILES string of the molecule is Fc1ccccc1COc1c(Cl)cccc1CBr. The molecule has 0 radical (unpaired) electrons. The zero-order valence-corrected chi connectivity index (χ0v) is 11.8. The number of ether oxygens (including phenoxy) is 1. The number of para-hydroxylation sites is 1. The Kier molecular flexibility index (Phi) is 4.61. The Bertz CT molecular complexity index is 545. The summed E-state index contributed by atoms with van der Waals surface area (Å²) in [6, 6.07) is 12.1. The predicted octanol–water partition coefficient (Wildman–Crippen LogP) is 4.95. The monoisotopic (exact) mass is 328 g/mol. The van der Waals surface area contributed by atoms with Crippen LogP contribution in [0.25, 0.3) is 0 Å². The summed E-state index contributed by atoms with van der Waals surface area (Å²) in [5.41, 5.74) is 1.46. The van der Waals surface area contributed by atoms with E-state index in [2.05, 4.69) is 15.9 Å². The van der Waals surface area contributed by atoms with Crippen LogP contribution in [-0.4, -0.2) is 0 Å². The van der Waals surface area contributed by atoms with Gasteiger partial charge in [0, 0.05) is 16.5 Å². The van der Waals surface area contributed by atoms with Crippen LogP contribution in [0.1, 0.15) is 11.1 Å². The first kappa shape index (κ1) is 13.4. The van der Waals surface area contributed by atoms with E-state index in [-0.39, 0.29) is 12.4 Å². The fraction of sp³-hybridized carbons (Fsp3) is 0.143. The minimum atomic E-state index is -0.273. The van der Waals surface area contributed by atoms with Crippen LogP contribution in [0.2, 0.25) is 5.02 Å². The van der Waals surface area contributed by atoms with E-state index >= 15 is 0 Å². The molecule has 0 saturated carbocycles. The number of rotatable bonds is 4. The molecule has 4 heteroatoms. The summed E-state index contributed by atoms with van der Waals surface area (Å²) in [6.45, 7) is 0.163. The maximum atomic E-state index is 13.5. The van der Waals surface area contributed by atoms with Gasteiger partial charge >= 0.3 is 0 Å². The molecule has 0 aliphatic rings. The topological polar surface area (TPSA) is 9.23 Å². The molecule has 2 rings (SSSR count). The van der Waals surface area contributed by atoms with Gasteiger partial charge in [0.2, 0.25) is 0 Å². The molecule has 2 aromatic rings. The third-order valence-electron chi connectivity index (χ3n) is 2.52. The van der Waals surface area contributed by atoms with Gasteiger partial charge in [-0.15, -0.1) is 0 Å². The summed E-state index contributed by atoms with van der Waals surface area (Å²) in [4.78, 5) is 0. The molecule has 0 N–H and O–H groups in total. The lowest BCUT2D eigenvalue weighted by Gasteiger charge is -2.12. The largest absolute Gasteiger partial charge is 0.487 e. The summed E-state index contributed by atoms with van der Waals surface area (Å²) < 4.78 is 19.1. The van der Waals surface area contributed by atoms with Crippen molar-refractivity contribution < 1.29 is 9.13 Å². The van der Waals surface area contributed by atoms with E-state index in [4.69, 9.17) is 16.3 Å². The van der Waals surface area contributed by atoms with Gasteiger partial charge in [0.25, 0.3) is 0 Å². The molecule has 0 unspecified atom stereocenters. The van der Waals surface area contributed by atoms with Crippen molar-refractivity contribution in [2.75, 3.05) is 0 Å². The lowest BCUT2D eigenvalue weighted by atomic mass is 10.2. The number of hydrogen-bond donors (Lipinski definition) is 0. The van der Waals surface area contributed by atoms with Crippen molar-refractivity contribution in [3.05, 3.63) is 64.4 Å². The molecule has 0 aliphatic carbocycles. The Labute approximate surface area is 119 Å². The zero-order valence-electron chi connectivity index (χ0n) is 9.50. The van der Waals surface area contributed by atoms with Crippen LogP contribution in [0.15, 0.2) is 42.5 Å². The van der Waals surface area contributed by atoms with Gasteiger partial charge in [-0.1, -0.05) is 57.9 Å². The molecule has 0 saturated heterocycles. The van der Waals surface area contributed by atoms with Crippen molar-refractivity contribution in [1.82, 2.24) is 0 Å². The quantitative estimate of drug-likeness (QED) is 0.721. The third kappa shape index (κ3) is 3.03. The smallest absolute Gasteiger partial charge is 0.142 e. The van der Waals surface area contributed by atoms with Gasteiger partial charge in [-0.05, 0) is 12.1 Å². The van der Waals surface area contributed by atoms with E-state index in [1.54, 1.807) is 24.3 Å². The van der Waals surface area contributed by atoms with Crippen molar-refractivity contribution >= 4 is 27.5 Å². The first-order valence-corrected chi connectivity index (χ1v) is 6.92. The second-order valence-electron chi connectivity index (χ2n) is 3.74. The number of benzene rings is 2. The predicted molar refractivity (Wildman–Crippen MR) is 74.8 cm³/mol. The second-order valence-corrected chi connectivity index (χ2v) is 4.71. The highest BCUT2D eigenvalue weighted by Gasteiger charge is 2.09. The summed E-state index contributed by atoms with van der Waals surface area (Å²) in [5, 5.41) is 1.17. The van der Waals surface area contributed by atoms with E-state index in [0.29, 0.717) is 21.7 Å². The lowest BCUT2D eigenvalue weighted by Crippen LogP contribution is -2.00. The molecule has 0 aliphatic heterocycles. The maximum absolute atomic E-state index is 13.5. The number of alkyl halides is 1. The molecule has 94 valence electrons. The summed E-state index contributed by atoms with van der Waals surface area (Å²) in [5.74, 6) is 0.323. The van der Waals surface area contributed by atoms with Crippen LogP contribution in [0, 0.1) is 5.82 Å². The van der Waals surface area contributed by atoms with Gasteiger partial charge in [-0.2, -0.15) is 0 Å². The van der Waals surface area contributed by atoms with Crippen molar-refractivity contribution in [2.45, 2.75) is 11.9 Å². The molecular formula is C14H11BrClFO. The fourth-order valence-corrected chi connectivity index (χ4v) is 2.28. The molecule has 1 nitrogen and oxygen atoms in total. The van der Waals surface area contributed by atoms with Crippen LogP contribution in [0.3, 0.4) is 0 Å². The van der Waals surface area contributed by atoms with Crippen LogP contribution in [0.5, 0.6) is 5.75 Å². The minimum absolute atomic E-state index is 0.163. The van der Waals surface area contributed by atoms with Crippen molar-refractivity contribution in [2.24, 2.45) is 0 Å². The summed E-state index contributed by atoms with van der Waals surface area (Å²) in [7, 11) is 0. The molecule has 0 spiro atoms. The van der Waals surface area contributed by atoms with Crippen LogP contribution in [-0.2, 0) is 11.9 Å². The Balaban J connectivity index is 2.18. The molecule has 2 aromatic carbocycles. The highest BCUT2D eigenvalue weighted by molar-refractivity contribution is 9.08.